The first-order valence-corrected chi connectivity index (χ1v) is 9.61. The Morgan fingerprint density at radius 1 is 1.18 bits per heavy atom. The molecule has 2 N–H and O–H groups in total. The average molecular weight is 382 g/mol. The molecule has 0 aromatic heterocycles. The van der Waals surface area contributed by atoms with Crippen molar-refractivity contribution in [1.82, 2.24) is 5.32 Å². The minimum atomic E-state index is -0.916. The van der Waals surface area contributed by atoms with Gasteiger partial charge in [0.15, 0.2) is 0 Å². The number of benzene rings is 2. The van der Waals surface area contributed by atoms with Gasteiger partial charge in [0.1, 0.15) is 5.75 Å². The smallest absolute Gasteiger partial charge is 0.308 e. The lowest BCUT2D eigenvalue weighted by atomic mass is 9.99. The predicted octanol–water partition coefficient (Wildman–Crippen LogP) is 2.51. The van der Waals surface area contributed by atoms with Crippen molar-refractivity contribution in [3.05, 3.63) is 59.7 Å². The Balaban J connectivity index is 1.52. The highest BCUT2D eigenvalue weighted by Gasteiger charge is 2.22. The number of carbonyl (C=O) groups excluding carboxylic acids is 1. The van der Waals surface area contributed by atoms with Crippen LogP contribution in [0.1, 0.15) is 18.1 Å². The van der Waals surface area contributed by atoms with Crippen molar-refractivity contribution in [1.29, 1.82) is 0 Å². The summed E-state index contributed by atoms with van der Waals surface area (Å²) >= 11 is 0. The number of nitrogens with zero attached hydrogens (tertiary/aromatic N) is 1. The minimum Gasteiger partial charge on any atom is -0.494 e. The molecule has 0 radical (unpaired) electrons. The van der Waals surface area contributed by atoms with Gasteiger partial charge in [0, 0.05) is 18.8 Å². The highest BCUT2D eigenvalue weighted by molar-refractivity contribution is 5.83. The number of para-hydroxylation sites is 1. The number of amides is 1. The van der Waals surface area contributed by atoms with Crippen molar-refractivity contribution in [2.75, 3.05) is 31.1 Å². The van der Waals surface area contributed by atoms with Crippen LogP contribution in [-0.4, -0.2) is 43.2 Å². The quantitative estimate of drug-likeness (QED) is 0.697. The number of hydrogen-bond donors (Lipinski definition) is 2. The van der Waals surface area contributed by atoms with Gasteiger partial charge in [-0.1, -0.05) is 30.3 Å². The molecule has 0 saturated carbocycles. The van der Waals surface area contributed by atoms with E-state index >= 15 is 0 Å². The Kier molecular flexibility index (Phi) is 6.53. The molecule has 0 aliphatic carbocycles. The van der Waals surface area contributed by atoms with Crippen LogP contribution in [0.3, 0.4) is 0 Å². The molecule has 1 aliphatic rings. The van der Waals surface area contributed by atoms with Crippen LogP contribution in [0, 0.1) is 5.92 Å². The molecule has 1 atom stereocenters. The SMILES string of the molecule is CCOc1ccc(CC(CNC(=O)CN2CCc3ccccc32)C(=O)O)cc1. The molecular weight excluding hydrogens is 356 g/mol. The second-order valence-corrected chi connectivity index (χ2v) is 6.92. The highest BCUT2D eigenvalue weighted by atomic mass is 16.5. The number of carbonyl (C=O) groups is 2. The molecule has 148 valence electrons. The van der Waals surface area contributed by atoms with Crippen molar-refractivity contribution in [2.45, 2.75) is 19.8 Å². The Hall–Kier alpha value is -3.02. The zero-order valence-electron chi connectivity index (χ0n) is 16.1. The predicted molar refractivity (Wildman–Crippen MR) is 108 cm³/mol. The van der Waals surface area contributed by atoms with Gasteiger partial charge in [-0.3, -0.25) is 9.59 Å². The minimum absolute atomic E-state index is 0.108. The number of carboxylic acid groups (broad SMARTS) is 1. The number of carboxylic acids is 1. The molecule has 1 heterocycles. The van der Waals surface area contributed by atoms with Crippen LogP contribution in [0.5, 0.6) is 5.75 Å². The summed E-state index contributed by atoms with van der Waals surface area (Å²) in [6.45, 7) is 3.66. The van der Waals surface area contributed by atoms with Gasteiger partial charge in [-0.15, -0.1) is 0 Å². The largest absolute Gasteiger partial charge is 0.494 e. The summed E-state index contributed by atoms with van der Waals surface area (Å²) < 4.78 is 5.40. The lowest BCUT2D eigenvalue weighted by Crippen LogP contribution is -2.40. The maximum absolute atomic E-state index is 12.3. The van der Waals surface area contributed by atoms with E-state index in [4.69, 9.17) is 4.74 Å². The molecule has 0 bridgehead atoms. The summed E-state index contributed by atoms with van der Waals surface area (Å²) in [5.74, 6) is -0.986. The summed E-state index contributed by atoms with van der Waals surface area (Å²) in [6, 6.07) is 15.5. The van der Waals surface area contributed by atoms with Gasteiger partial charge in [0.2, 0.25) is 5.91 Å². The number of ether oxygens (including phenoxy) is 1. The van der Waals surface area contributed by atoms with Crippen LogP contribution in [0.15, 0.2) is 48.5 Å². The van der Waals surface area contributed by atoms with Gasteiger partial charge >= 0.3 is 5.97 Å². The number of nitrogens with one attached hydrogen (secondary N) is 1. The van der Waals surface area contributed by atoms with E-state index in [9.17, 15) is 14.7 Å². The van der Waals surface area contributed by atoms with Crippen molar-refractivity contribution < 1.29 is 19.4 Å². The number of anilines is 1. The van der Waals surface area contributed by atoms with E-state index in [1.54, 1.807) is 0 Å². The van der Waals surface area contributed by atoms with E-state index in [2.05, 4.69) is 11.4 Å². The zero-order valence-corrected chi connectivity index (χ0v) is 16.1. The van der Waals surface area contributed by atoms with E-state index in [-0.39, 0.29) is 19.0 Å². The fraction of sp³-hybridized carbons (Fsp3) is 0.364. The van der Waals surface area contributed by atoms with E-state index in [0.717, 1.165) is 30.0 Å². The van der Waals surface area contributed by atoms with Crippen LogP contribution in [0.4, 0.5) is 5.69 Å². The first-order chi connectivity index (χ1) is 13.6. The van der Waals surface area contributed by atoms with Gasteiger partial charge in [-0.05, 0) is 49.1 Å². The van der Waals surface area contributed by atoms with Crippen molar-refractivity contribution in [3.63, 3.8) is 0 Å². The van der Waals surface area contributed by atoms with E-state index in [1.807, 2.05) is 54.3 Å². The zero-order chi connectivity index (χ0) is 19.9. The maximum Gasteiger partial charge on any atom is 0.308 e. The molecule has 2 aromatic carbocycles. The Bertz CT molecular complexity index is 820. The summed E-state index contributed by atoms with van der Waals surface area (Å²) in [4.78, 5) is 26.0. The topological polar surface area (TPSA) is 78.9 Å². The van der Waals surface area contributed by atoms with Crippen LogP contribution in [0.2, 0.25) is 0 Å². The first kappa shape index (κ1) is 19.7. The Morgan fingerprint density at radius 2 is 1.93 bits per heavy atom. The summed E-state index contributed by atoms with van der Waals surface area (Å²) in [5.41, 5.74) is 3.23. The Morgan fingerprint density at radius 3 is 2.64 bits per heavy atom. The third-order valence-electron chi connectivity index (χ3n) is 4.93. The second-order valence-electron chi connectivity index (χ2n) is 6.92. The van der Waals surface area contributed by atoms with Gasteiger partial charge in [-0.25, -0.2) is 0 Å². The molecule has 1 aliphatic heterocycles. The first-order valence-electron chi connectivity index (χ1n) is 9.61. The average Bonchev–Trinajstić information content (AvgIpc) is 3.09. The molecule has 0 fully saturated rings. The number of aliphatic carboxylic acids is 1. The van der Waals surface area contributed by atoms with E-state index in [1.165, 1.54) is 5.56 Å². The molecule has 0 spiro atoms. The van der Waals surface area contributed by atoms with Gasteiger partial charge < -0.3 is 20.1 Å². The number of rotatable bonds is 9. The summed E-state index contributed by atoms with van der Waals surface area (Å²) in [5, 5.41) is 12.3. The molecule has 1 amide bonds. The molecule has 3 rings (SSSR count). The van der Waals surface area contributed by atoms with Crippen LogP contribution >= 0.6 is 0 Å². The van der Waals surface area contributed by atoms with E-state index in [0.29, 0.717) is 13.0 Å². The molecule has 6 heteroatoms. The van der Waals surface area contributed by atoms with Crippen molar-refractivity contribution in [2.24, 2.45) is 5.92 Å². The van der Waals surface area contributed by atoms with Crippen LogP contribution in [-0.2, 0) is 22.4 Å². The summed E-state index contributed by atoms with van der Waals surface area (Å²) in [7, 11) is 0. The summed E-state index contributed by atoms with van der Waals surface area (Å²) in [6.07, 6.45) is 1.29. The highest BCUT2D eigenvalue weighted by Crippen LogP contribution is 2.26. The van der Waals surface area contributed by atoms with Gasteiger partial charge in [0.25, 0.3) is 0 Å². The normalized spacial score (nSPS) is 13.7. The molecule has 28 heavy (non-hydrogen) atoms. The van der Waals surface area contributed by atoms with Crippen LogP contribution in [0.25, 0.3) is 0 Å². The van der Waals surface area contributed by atoms with Gasteiger partial charge in [0.05, 0.1) is 19.1 Å². The Labute approximate surface area is 165 Å². The standard InChI is InChI=1S/C22H26N2O4/c1-2-28-19-9-7-16(8-10-19)13-18(22(26)27)14-23-21(25)15-24-12-11-17-5-3-4-6-20(17)24/h3-10,18H,2,11-15H2,1H3,(H,23,25)(H,26,27). The second kappa shape index (κ2) is 9.26. The lowest BCUT2D eigenvalue weighted by molar-refractivity contribution is -0.141. The molecule has 0 saturated heterocycles. The number of hydrogen-bond acceptors (Lipinski definition) is 4. The third kappa shape index (κ3) is 5.03. The van der Waals surface area contributed by atoms with E-state index < -0.39 is 11.9 Å². The molecule has 2 aromatic rings. The molecule has 1 unspecified atom stereocenters. The monoisotopic (exact) mass is 382 g/mol. The van der Waals surface area contributed by atoms with Crippen molar-refractivity contribution in [3.8, 4) is 5.75 Å². The maximum atomic E-state index is 12.3. The van der Waals surface area contributed by atoms with Gasteiger partial charge in [-0.2, -0.15) is 0 Å². The molecular formula is C22H26N2O4. The van der Waals surface area contributed by atoms with Crippen LogP contribution < -0.4 is 15.0 Å². The molecule has 6 nitrogen and oxygen atoms in total. The fourth-order valence-corrected chi connectivity index (χ4v) is 3.46. The van der Waals surface area contributed by atoms with Crippen molar-refractivity contribution >= 4 is 17.6 Å². The number of fused-ring (bicyclic) bond motifs is 1. The lowest BCUT2D eigenvalue weighted by Gasteiger charge is -2.20. The third-order valence-corrected chi connectivity index (χ3v) is 4.93. The fourth-order valence-electron chi connectivity index (χ4n) is 3.46.